The maximum Gasteiger partial charge on any atom is 0.329 e. The zero-order valence-corrected chi connectivity index (χ0v) is 12.2. The molecule has 0 radical (unpaired) electrons. The minimum absolute atomic E-state index is 0.182. The minimum atomic E-state index is -0.986. The van der Waals surface area contributed by atoms with Crippen LogP contribution in [0.5, 0.6) is 0 Å². The Morgan fingerprint density at radius 1 is 1.30 bits per heavy atom. The van der Waals surface area contributed by atoms with E-state index in [-0.39, 0.29) is 6.03 Å². The lowest BCUT2D eigenvalue weighted by atomic mass is 9.93. The van der Waals surface area contributed by atoms with Gasteiger partial charge in [0, 0.05) is 13.1 Å². The Morgan fingerprint density at radius 2 is 2.00 bits per heavy atom. The summed E-state index contributed by atoms with van der Waals surface area (Å²) in [6, 6.07) is -0.182. The van der Waals surface area contributed by atoms with Gasteiger partial charge < -0.3 is 15.3 Å². The molecular weight excluding hydrogens is 256 g/mol. The van der Waals surface area contributed by atoms with Crippen LogP contribution in [0.25, 0.3) is 0 Å². The topological polar surface area (TPSA) is 69.6 Å². The summed E-state index contributed by atoms with van der Waals surface area (Å²) in [5.74, 6) is -0.0623. The first-order chi connectivity index (χ1) is 9.54. The number of carboxylic acids is 1. The van der Waals surface area contributed by atoms with Crippen molar-refractivity contribution in [3.63, 3.8) is 0 Å². The van der Waals surface area contributed by atoms with Gasteiger partial charge in [-0.1, -0.05) is 6.92 Å². The standard InChI is InChI=1S/C15H24N2O3/c1-2-15(12(18)19)6-3-9-17(15)13(20)16-10-14(7-8-14)11-4-5-11/h11H,2-10H2,1H3,(H,16,20)(H,18,19). The van der Waals surface area contributed by atoms with E-state index in [2.05, 4.69) is 5.32 Å². The average molecular weight is 280 g/mol. The van der Waals surface area contributed by atoms with E-state index in [1.165, 1.54) is 25.7 Å². The second kappa shape index (κ2) is 4.64. The maximum atomic E-state index is 12.4. The largest absolute Gasteiger partial charge is 0.479 e. The first-order valence-electron chi connectivity index (χ1n) is 7.83. The van der Waals surface area contributed by atoms with Crippen molar-refractivity contribution in [2.24, 2.45) is 11.3 Å². The molecule has 3 aliphatic rings. The normalized spacial score (nSPS) is 31.1. The summed E-state index contributed by atoms with van der Waals surface area (Å²) in [6.45, 7) is 3.14. The third-order valence-electron chi connectivity index (χ3n) is 5.64. The lowest BCUT2D eigenvalue weighted by Gasteiger charge is -2.34. The van der Waals surface area contributed by atoms with Gasteiger partial charge in [0.05, 0.1) is 0 Å². The van der Waals surface area contributed by atoms with Crippen molar-refractivity contribution in [2.45, 2.75) is 57.4 Å². The van der Waals surface area contributed by atoms with Crippen molar-refractivity contribution >= 4 is 12.0 Å². The van der Waals surface area contributed by atoms with E-state index in [9.17, 15) is 14.7 Å². The van der Waals surface area contributed by atoms with E-state index in [1.54, 1.807) is 4.90 Å². The van der Waals surface area contributed by atoms with Crippen LogP contribution in [0.1, 0.15) is 51.9 Å². The molecule has 1 heterocycles. The zero-order valence-electron chi connectivity index (χ0n) is 12.2. The summed E-state index contributed by atoms with van der Waals surface area (Å²) < 4.78 is 0. The molecule has 1 atom stereocenters. The average Bonchev–Trinajstić information content (AvgIpc) is 3.32. The molecule has 0 aromatic carbocycles. The second-order valence-electron chi connectivity index (χ2n) is 6.74. The minimum Gasteiger partial charge on any atom is -0.479 e. The molecule has 1 saturated heterocycles. The van der Waals surface area contributed by atoms with Gasteiger partial charge in [0.25, 0.3) is 0 Å². The van der Waals surface area contributed by atoms with Crippen LogP contribution in [0, 0.1) is 11.3 Å². The van der Waals surface area contributed by atoms with Crippen LogP contribution in [0.15, 0.2) is 0 Å². The van der Waals surface area contributed by atoms with Crippen molar-refractivity contribution in [3.05, 3.63) is 0 Å². The summed E-state index contributed by atoms with van der Waals surface area (Å²) in [5, 5.41) is 12.5. The van der Waals surface area contributed by atoms with Crippen LogP contribution in [-0.4, -0.2) is 40.6 Å². The summed E-state index contributed by atoms with van der Waals surface area (Å²) >= 11 is 0. The van der Waals surface area contributed by atoms with Crippen molar-refractivity contribution in [3.8, 4) is 0 Å². The number of urea groups is 1. The lowest BCUT2D eigenvalue weighted by molar-refractivity contribution is -0.148. The molecule has 0 spiro atoms. The van der Waals surface area contributed by atoms with E-state index in [0.29, 0.717) is 24.8 Å². The van der Waals surface area contributed by atoms with Gasteiger partial charge in [-0.2, -0.15) is 0 Å². The van der Waals surface area contributed by atoms with E-state index in [4.69, 9.17) is 0 Å². The Morgan fingerprint density at radius 3 is 2.50 bits per heavy atom. The molecule has 5 nitrogen and oxygen atoms in total. The number of aliphatic carboxylic acids is 1. The van der Waals surface area contributed by atoms with Crippen LogP contribution in [0.2, 0.25) is 0 Å². The van der Waals surface area contributed by atoms with Gasteiger partial charge in [0.15, 0.2) is 0 Å². The van der Waals surface area contributed by atoms with Crippen molar-refractivity contribution in [1.29, 1.82) is 0 Å². The zero-order chi connectivity index (χ0) is 14.4. The Bertz CT molecular complexity index is 429. The van der Waals surface area contributed by atoms with Gasteiger partial charge in [-0.15, -0.1) is 0 Å². The number of amides is 2. The van der Waals surface area contributed by atoms with Gasteiger partial charge >= 0.3 is 12.0 Å². The van der Waals surface area contributed by atoms with Crippen molar-refractivity contribution < 1.29 is 14.7 Å². The summed E-state index contributed by atoms with van der Waals surface area (Å²) in [7, 11) is 0. The highest BCUT2D eigenvalue weighted by Crippen LogP contribution is 2.60. The van der Waals surface area contributed by atoms with Crippen LogP contribution in [-0.2, 0) is 4.79 Å². The summed E-state index contributed by atoms with van der Waals surface area (Å²) in [6.07, 6.45) is 6.86. The van der Waals surface area contributed by atoms with E-state index in [1.807, 2.05) is 6.92 Å². The molecule has 2 saturated carbocycles. The molecule has 112 valence electrons. The highest BCUT2D eigenvalue weighted by atomic mass is 16.4. The number of carbonyl (C=O) groups is 2. The fraction of sp³-hybridized carbons (Fsp3) is 0.867. The van der Waals surface area contributed by atoms with Gasteiger partial charge in [-0.3, -0.25) is 0 Å². The fourth-order valence-corrected chi connectivity index (χ4v) is 3.85. The Kier molecular flexibility index (Phi) is 3.18. The first kappa shape index (κ1) is 13.7. The second-order valence-corrected chi connectivity index (χ2v) is 6.74. The number of hydrogen-bond acceptors (Lipinski definition) is 2. The highest BCUT2D eigenvalue weighted by Gasteiger charge is 2.54. The molecule has 0 aromatic rings. The molecule has 20 heavy (non-hydrogen) atoms. The molecule has 0 aromatic heterocycles. The molecule has 2 amide bonds. The van der Waals surface area contributed by atoms with Crippen molar-refractivity contribution in [2.75, 3.05) is 13.1 Å². The smallest absolute Gasteiger partial charge is 0.329 e. The number of carbonyl (C=O) groups excluding carboxylic acids is 1. The SMILES string of the molecule is CCC1(C(=O)O)CCCN1C(=O)NCC1(C2CC2)CC1. The number of rotatable bonds is 5. The molecule has 1 unspecified atom stereocenters. The summed E-state index contributed by atoms with van der Waals surface area (Å²) in [5.41, 5.74) is -0.631. The number of likely N-dealkylation sites (tertiary alicyclic amines) is 1. The van der Waals surface area contributed by atoms with E-state index >= 15 is 0 Å². The monoisotopic (exact) mass is 280 g/mol. The van der Waals surface area contributed by atoms with Crippen LogP contribution in [0.4, 0.5) is 4.79 Å². The van der Waals surface area contributed by atoms with E-state index in [0.717, 1.165) is 18.9 Å². The van der Waals surface area contributed by atoms with Gasteiger partial charge in [-0.05, 0) is 56.3 Å². The molecule has 2 N–H and O–H groups in total. The quantitative estimate of drug-likeness (QED) is 0.811. The van der Waals surface area contributed by atoms with Gasteiger partial charge in [0.2, 0.25) is 0 Å². The molecule has 3 rings (SSSR count). The maximum absolute atomic E-state index is 12.4. The van der Waals surface area contributed by atoms with E-state index < -0.39 is 11.5 Å². The summed E-state index contributed by atoms with van der Waals surface area (Å²) in [4.78, 5) is 25.5. The predicted octanol–water partition coefficient (Wildman–Crippen LogP) is 2.22. The Balaban J connectivity index is 1.62. The molecule has 2 aliphatic carbocycles. The molecule has 0 bridgehead atoms. The van der Waals surface area contributed by atoms with Crippen LogP contribution in [0.3, 0.4) is 0 Å². The van der Waals surface area contributed by atoms with Gasteiger partial charge in [-0.25, -0.2) is 9.59 Å². The van der Waals surface area contributed by atoms with Crippen LogP contribution >= 0.6 is 0 Å². The van der Waals surface area contributed by atoms with Gasteiger partial charge in [0.1, 0.15) is 5.54 Å². The number of hydrogen-bond donors (Lipinski definition) is 2. The predicted molar refractivity (Wildman–Crippen MR) is 74.4 cm³/mol. The third kappa shape index (κ3) is 2.07. The molecule has 1 aliphatic heterocycles. The number of carboxylic acid groups (broad SMARTS) is 1. The van der Waals surface area contributed by atoms with Crippen LogP contribution < -0.4 is 5.32 Å². The van der Waals surface area contributed by atoms with Crippen molar-refractivity contribution in [1.82, 2.24) is 10.2 Å². The number of nitrogens with zero attached hydrogens (tertiary/aromatic N) is 1. The lowest BCUT2D eigenvalue weighted by Crippen LogP contribution is -2.56. The molecular formula is C15H24N2O3. The molecule has 5 heteroatoms. The number of nitrogens with one attached hydrogen (secondary N) is 1. The third-order valence-corrected chi connectivity index (χ3v) is 5.64. The fourth-order valence-electron chi connectivity index (χ4n) is 3.85. The Hall–Kier alpha value is -1.26. The highest BCUT2D eigenvalue weighted by molar-refractivity contribution is 5.87. The molecule has 3 fully saturated rings. The first-order valence-corrected chi connectivity index (χ1v) is 7.83. The Labute approximate surface area is 119 Å².